The van der Waals surface area contributed by atoms with Crippen LogP contribution in [0.1, 0.15) is 0 Å². The van der Waals surface area contributed by atoms with Gasteiger partial charge in [-0.25, -0.2) is 22.2 Å². The molecule has 1 heterocycles. The van der Waals surface area contributed by atoms with Crippen LogP contribution >= 0.6 is 0 Å². The standard InChI is InChI=1S/C14H9F2N3O2S/c15-10-6-5-9(7-11(10)16)22(20,21)19-14-8-17-12-3-1-2-4-13(12)18-14/h1-8H,(H,18,19). The molecule has 3 aromatic rings. The Labute approximate surface area is 124 Å². The minimum Gasteiger partial charge on any atom is -0.262 e. The van der Waals surface area contributed by atoms with Crippen molar-refractivity contribution in [2.75, 3.05) is 4.72 Å². The predicted molar refractivity (Wildman–Crippen MR) is 76.7 cm³/mol. The van der Waals surface area contributed by atoms with Crippen molar-refractivity contribution in [2.45, 2.75) is 4.90 Å². The maximum Gasteiger partial charge on any atom is 0.263 e. The first-order chi connectivity index (χ1) is 10.5. The average Bonchev–Trinajstić information content (AvgIpc) is 2.49. The monoisotopic (exact) mass is 321 g/mol. The fourth-order valence-electron chi connectivity index (χ4n) is 1.85. The number of hydrogen-bond acceptors (Lipinski definition) is 4. The van der Waals surface area contributed by atoms with Gasteiger partial charge >= 0.3 is 0 Å². The van der Waals surface area contributed by atoms with E-state index in [4.69, 9.17) is 0 Å². The number of benzene rings is 2. The zero-order chi connectivity index (χ0) is 15.7. The molecule has 0 aliphatic heterocycles. The predicted octanol–water partition coefficient (Wildman–Crippen LogP) is 2.71. The summed E-state index contributed by atoms with van der Waals surface area (Å²) >= 11 is 0. The number of rotatable bonds is 3. The second-order valence-corrected chi connectivity index (χ2v) is 6.11. The molecule has 0 saturated heterocycles. The van der Waals surface area contributed by atoms with Gasteiger partial charge in [-0.15, -0.1) is 0 Å². The van der Waals surface area contributed by atoms with E-state index in [9.17, 15) is 17.2 Å². The number of fused-ring (bicyclic) bond motifs is 1. The number of anilines is 1. The third kappa shape index (κ3) is 2.73. The van der Waals surface area contributed by atoms with Crippen molar-refractivity contribution in [3.05, 3.63) is 60.3 Å². The van der Waals surface area contributed by atoms with Gasteiger partial charge in [0.1, 0.15) is 0 Å². The molecule has 0 atom stereocenters. The molecule has 0 unspecified atom stereocenters. The van der Waals surface area contributed by atoms with Gasteiger partial charge in [-0.1, -0.05) is 12.1 Å². The number of nitrogens with one attached hydrogen (secondary N) is 1. The van der Waals surface area contributed by atoms with Crippen molar-refractivity contribution in [2.24, 2.45) is 0 Å². The van der Waals surface area contributed by atoms with Crippen LogP contribution in [-0.2, 0) is 10.0 Å². The normalized spacial score (nSPS) is 11.5. The molecule has 3 rings (SSSR count). The van der Waals surface area contributed by atoms with Gasteiger partial charge < -0.3 is 0 Å². The van der Waals surface area contributed by atoms with Crippen LogP contribution in [0.3, 0.4) is 0 Å². The number of hydrogen-bond donors (Lipinski definition) is 1. The smallest absolute Gasteiger partial charge is 0.262 e. The van der Waals surface area contributed by atoms with Crippen molar-refractivity contribution < 1.29 is 17.2 Å². The minimum atomic E-state index is -4.08. The molecular formula is C14H9F2N3O2S. The van der Waals surface area contributed by atoms with Crippen molar-refractivity contribution in [1.29, 1.82) is 0 Å². The summed E-state index contributed by atoms with van der Waals surface area (Å²) in [6.07, 6.45) is 1.25. The molecule has 5 nitrogen and oxygen atoms in total. The maximum absolute atomic E-state index is 13.2. The van der Waals surface area contributed by atoms with E-state index < -0.39 is 26.6 Å². The molecular weight excluding hydrogens is 312 g/mol. The Hall–Kier alpha value is -2.61. The van der Waals surface area contributed by atoms with E-state index in [1.807, 2.05) is 0 Å². The summed E-state index contributed by atoms with van der Waals surface area (Å²) in [5.41, 5.74) is 1.12. The summed E-state index contributed by atoms with van der Waals surface area (Å²) in [7, 11) is -4.08. The lowest BCUT2D eigenvalue weighted by atomic mass is 10.3. The number of aromatic nitrogens is 2. The Morgan fingerprint density at radius 1 is 0.955 bits per heavy atom. The highest BCUT2D eigenvalue weighted by atomic mass is 32.2. The molecule has 22 heavy (non-hydrogen) atoms. The summed E-state index contributed by atoms with van der Waals surface area (Å²) in [4.78, 5) is 7.77. The molecule has 2 aromatic carbocycles. The molecule has 0 aliphatic rings. The molecule has 0 radical (unpaired) electrons. The second-order valence-electron chi connectivity index (χ2n) is 4.43. The summed E-state index contributed by atoms with van der Waals surface area (Å²) in [6.45, 7) is 0. The molecule has 0 fully saturated rings. The Kier molecular flexibility index (Phi) is 3.45. The summed E-state index contributed by atoms with van der Waals surface area (Å²) < 4.78 is 52.5. The number of para-hydroxylation sites is 2. The van der Waals surface area contributed by atoms with Crippen LogP contribution in [0.25, 0.3) is 11.0 Å². The second kappa shape index (κ2) is 5.30. The number of halogens is 2. The first kappa shape index (κ1) is 14.3. The zero-order valence-corrected chi connectivity index (χ0v) is 11.8. The third-order valence-electron chi connectivity index (χ3n) is 2.89. The Morgan fingerprint density at radius 3 is 2.41 bits per heavy atom. The lowest BCUT2D eigenvalue weighted by molar-refractivity contribution is 0.504. The van der Waals surface area contributed by atoms with Crippen molar-refractivity contribution in [3.8, 4) is 0 Å². The van der Waals surface area contributed by atoms with E-state index in [1.165, 1.54) is 6.20 Å². The molecule has 112 valence electrons. The summed E-state index contributed by atoms with van der Waals surface area (Å²) in [5.74, 6) is -2.37. The van der Waals surface area contributed by atoms with Gasteiger partial charge in [0.2, 0.25) is 0 Å². The Morgan fingerprint density at radius 2 is 1.68 bits per heavy atom. The molecule has 0 spiro atoms. The highest BCUT2D eigenvalue weighted by Gasteiger charge is 2.17. The van der Waals surface area contributed by atoms with Crippen LogP contribution in [0.2, 0.25) is 0 Å². The fraction of sp³-hybridized carbons (Fsp3) is 0. The highest BCUT2D eigenvalue weighted by Crippen LogP contribution is 2.18. The van der Waals surface area contributed by atoms with Gasteiger partial charge in [0.25, 0.3) is 10.0 Å². The van der Waals surface area contributed by atoms with Gasteiger partial charge in [0.15, 0.2) is 17.5 Å². The average molecular weight is 321 g/mol. The van der Waals surface area contributed by atoms with Crippen LogP contribution in [0.15, 0.2) is 53.6 Å². The fourth-order valence-corrected chi connectivity index (χ4v) is 2.84. The van der Waals surface area contributed by atoms with E-state index in [0.29, 0.717) is 17.1 Å². The van der Waals surface area contributed by atoms with E-state index in [1.54, 1.807) is 24.3 Å². The molecule has 8 heteroatoms. The quantitative estimate of drug-likeness (QED) is 0.805. The molecule has 1 N–H and O–H groups in total. The van der Waals surface area contributed by atoms with E-state index >= 15 is 0 Å². The topological polar surface area (TPSA) is 72.0 Å². The lowest BCUT2D eigenvalue weighted by Crippen LogP contribution is -2.14. The minimum absolute atomic E-state index is 0.0107. The SMILES string of the molecule is O=S(=O)(Nc1cnc2ccccc2n1)c1ccc(F)c(F)c1. The van der Waals surface area contributed by atoms with Gasteiger partial charge in [-0.3, -0.25) is 9.71 Å². The van der Waals surface area contributed by atoms with Crippen molar-refractivity contribution in [1.82, 2.24) is 9.97 Å². The zero-order valence-electron chi connectivity index (χ0n) is 11.0. The van der Waals surface area contributed by atoms with Crippen LogP contribution < -0.4 is 4.72 Å². The molecule has 0 saturated carbocycles. The number of nitrogens with zero attached hydrogens (tertiary/aromatic N) is 2. The Balaban J connectivity index is 1.97. The van der Waals surface area contributed by atoms with Crippen LogP contribution in [-0.4, -0.2) is 18.4 Å². The Bertz CT molecular complexity index is 961. The van der Waals surface area contributed by atoms with Gasteiger partial charge in [-0.2, -0.15) is 0 Å². The first-order valence-electron chi connectivity index (χ1n) is 6.15. The number of sulfonamides is 1. The van der Waals surface area contributed by atoms with Crippen LogP contribution in [0, 0.1) is 11.6 Å². The molecule has 1 aromatic heterocycles. The van der Waals surface area contributed by atoms with Crippen molar-refractivity contribution in [3.63, 3.8) is 0 Å². The van der Waals surface area contributed by atoms with Crippen LogP contribution in [0.5, 0.6) is 0 Å². The third-order valence-corrected chi connectivity index (χ3v) is 4.24. The van der Waals surface area contributed by atoms with Gasteiger partial charge in [0, 0.05) is 0 Å². The molecule has 0 aliphatic carbocycles. The highest BCUT2D eigenvalue weighted by molar-refractivity contribution is 7.92. The maximum atomic E-state index is 13.2. The first-order valence-corrected chi connectivity index (χ1v) is 7.64. The largest absolute Gasteiger partial charge is 0.263 e. The van der Waals surface area contributed by atoms with Gasteiger partial charge in [-0.05, 0) is 30.3 Å². The summed E-state index contributed by atoms with van der Waals surface area (Å²) in [6, 6.07) is 9.25. The summed E-state index contributed by atoms with van der Waals surface area (Å²) in [5, 5.41) is 0. The lowest BCUT2D eigenvalue weighted by Gasteiger charge is -2.08. The molecule has 0 amide bonds. The van der Waals surface area contributed by atoms with Crippen LogP contribution in [0.4, 0.5) is 14.6 Å². The van der Waals surface area contributed by atoms with E-state index in [-0.39, 0.29) is 5.82 Å². The van der Waals surface area contributed by atoms with E-state index in [2.05, 4.69) is 14.7 Å². The van der Waals surface area contributed by atoms with Crippen molar-refractivity contribution >= 4 is 26.9 Å². The van der Waals surface area contributed by atoms with E-state index in [0.717, 1.165) is 12.1 Å². The van der Waals surface area contributed by atoms with Gasteiger partial charge in [0.05, 0.1) is 22.1 Å². The molecule has 0 bridgehead atoms.